The van der Waals surface area contributed by atoms with Crippen molar-refractivity contribution in [2.75, 3.05) is 18.9 Å². The van der Waals surface area contributed by atoms with Gasteiger partial charge in [0.1, 0.15) is 0 Å². The van der Waals surface area contributed by atoms with E-state index in [1.165, 1.54) is 12.1 Å². The second kappa shape index (κ2) is 6.58. The van der Waals surface area contributed by atoms with Crippen molar-refractivity contribution in [3.05, 3.63) is 29.8 Å². The number of carboxylic acid groups (broad SMARTS) is 1. The minimum Gasteiger partial charge on any atom is -0.478 e. The summed E-state index contributed by atoms with van der Waals surface area (Å²) in [4.78, 5) is 25.0. The van der Waals surface area contributed by atoms with E-state index in [2.05, 4.69) is 29.5 Å². The van der Waals surface area contributed by atoms with E-state index in [9.17, 15) is 9.59 Å². The van der Waals surface area contributed by atoms with Crippen molar-refractivity contribution in [3.8, 4) is 0 Å². The maximum atomic E-state index is 11.9. The van der Waals surface area contributed by atoms with Crippen LogP contribution in [-0.2, 0) is 0 Å². The van der Waals surface area contributed by atoms with E-state index in [0.29, 0.717) is 11.7 Å². The Kier molecular flexibility index (Phi) is 4.80. The highest BCUT2D eigenvalue weighted by atomic mass is 16.4. The first-order chi connectivity index (χ1) is 9.95. The van der Waals surface area contributed by atoms with Gasteiger partial charge in [0.15, 0.2) is 0 Å². The quantitative estimate of drug-likeness (QED) is 0.795. The molecule has 0 aliphatic carbocycles. The molecule has 3 N–H and O–H groups in total. The number of likely N-dealkylation sites (tertiary alicyclic amines) is 1. The smallest absolute Gasteiger partial charge is 0.335 e. The highest BCUT2D eigenvalue weighted by Gasteiger charge is 2.23. The molecule has 2 atom stereocenters. The standard InChI is InChI=1S/C15H21N3O3/c1-10-9-13(7-8-18(10)2)17-15(21)16-12-5-3-11(4-6-12)14(19)20/h3-6,10,13H,7-9H2,1-2H3,(H,19,20)(H2,16,17,21). The average molecular weight is 291 g/mol. The predicted molar refractivity (Wildman–Crippen MR) is 80.7 cm³/mol. The number of carboxylic acids is 1. The summed E-state index contributed by atoms with van der Waals surface area (Å²) < 4.78 is 0. The molecular weight excluding hydrogens is 270 g/mol. The van der Waals surface area contributed by atoms with Gasteiger partial charge in [-0.2, -0.15) is 0 Å². The van der Waals surface area contributed by atoms with Gasteiger partial charge in [-0.3, -0.25) is 0 Å². The lowest BCUT2D eigenvalue weighted by atomic mass is 9.99. The van der Waals surface area contributed by atoms with Crippen molar-refractivity contribution in [1.82, 2.24) is 10.2 Å². The Balaban J connectivity index is 1.85. The molecule has 1 heterocycles. The van der Waals surface area contributed by atoms with E-state index >= 15 is 0 Å². The molecule has 1 aromatic rings. The number of nitrogens with zero attached hydrogens (tertiary/aromatic N) is 1. The number of nitrogens with one attached hydrogen (secondary N) is 2. The first kappa shape index (κ1) is 15.3. The molecule has 114 valence electrons. The average Bonchev–Trinajstić information content (AvgIpc) is 2.43. The summed E-state index contributed by atoms with van der Waals surface area (Å²) in [5.41, 5.74) is 0.781. The Hall–Kier alpha value is -2.08. The molecule has 21 heavy (non-hydrogen) atoms. The summed E-state index contributed by atoms with van der Waals surface area (Å²) in [6.07, 6.45) is 1.87. The maximum absolute atomic E-state index is 11.9. The molecular formula is C15H21N3O3. The van der Waals surface area contributed by atoms with E-state index in [-0.39, 0.29) is 17.6 Å². The Bertz CT molecular complexity index is 515. The number of aromatic carboxylic acids is 1. The fourth-order valence-electron chi connectivity index (χ4n) is 2.47. The predicted octanol–water partition coefficient (Wildman–Crippen LogP) is 1.99. The van der Waals surface area contributed by atoms with Crippen molar-refractivity contribution in [1.29, 1.82) is 0 Å². The van der Waals surface area contributed by atoms with Crippen molar-refractivity contribution in [3.63, 3.8) is 0 Å². The molecule has 6 heteroatoms. The zero-order valence-electron chi connectivity index (χ0n) is 12.3. The van der Waals surface area contributed by atoms with Gasteiger partial charge in [-0.05, 0) is 51.1 Å². The second-order valence-corrected chi connectivity index (χ2v) is 5.53. The molecule has 1 aliphatic heterocycles. The summed E-state index contributed by atoms with van der Waals surface area (Å²) in [5.74, 6) is -0.980. The van der Waals surface area contributed by atoms with Gasteiger partial charge in [0.05, 0.1) is 5.56 Å². The van der Waals surface area contributed by atoms with Gasteiger partial charge in [-0.1, -0.05) is 0 Å². The molecule has 2 unspecified atom stereocenters. The van der Waals surface area contributed by atoms with Gasteiger partial charge >= 0.3 is 12.0 Å². The molecule has 0 spiro atoms. The van der Waals surface area contributed by atoms with Crippen LogP contribution in [-0.4, -0.2) is 47.7 Å². The molecule has 2 rings (SSSR count). The van der Waals surface area contributed by atoms with Gasteiger partial charge in [0.25, 0.3) is 0 Å². The minimum atomic E-state index is -0.980. The van der Waals surface area contributed by atoms with Crippen LogP contribution in [0.4, 0.5) is 10.5 Å². The maximum Gasteiger partial charge on any atom is 0.335 e. The van der Waals surface area contributed by atoms with Crippen LogP contribution in [0.3, 0.4) is 0 Å². The molecule has 0 saturated carbocycles. The zero-order valence-corrected chi connectivity index (χ0v) is 12.3. The van der Waals surface area contributed by atoms with Crippen molar-refractivity contribution in [2.24, 2.45) is 0 Å². The molecule has 0 bridgehead atoms. The largest absolute Gasteiger partial charge is 0.478 e. The first-order valence-corrected chi connectivity index (χ1v) is 7.07. The molecule has 1 aromatic carbocycles. The number of urea groups is 1. The number of anilines is 1. The lowest BCUT2D eigenvalue weighted by Gasteiger charge is -2.35. The fraction of sp³-hybridized carbons (Fsp3) is 0.467. The minimum absolute atomic E-state index is 0.175. The highest BCUT2D eigenvalue weighted by molar-refractivity contribution is 5.91. The summed E-state index contributed by atoms with van der Waals surface area (Å²) >= 11 is 0. The topological polar surface area (TPSA) is 81.7 Å². The Labute approximate surface area is 124 Å². The zero-order chi connectivity index (χ0) is 15.4. The Morgan fingerprint density at radius 3 is 2.52 bits per heavy atom. The van der Waals surface area contributed by atoms with Gasteiger partial charge in [-0.25, -0.2) is 9.59 Å². The normalized spacial score (nSPS) is 22.6. The molecule has 1 fully saturated rings. The SMILES string of the molecule is CC1CC(NC(=O)Nc2ccc(C(=O)O)cc2)CCN1C. The van der Waals surface area contributed by atoms with E-state index in [4.69, 9.17) is 5.11 Å². The van der Waals surface area contributed by atoms with Crippen molar-refractivity contribution in [2.45, 2.75) is 31.8 Å². The van der Waals surface area contributed by atoms with Gasteiger partial charge in [-0.15, -0.1) is 0 Å². The third kappa shape index (κ3) is 4.19. The van der Waals surface area contributed by atoms with Crippen LogP contribution in [0.15, 0.2) is 24.3 Å². The molecule has 6 nitrogen and oxygen atoms in total. The molecule has 1 aliphatic rings. The fourth-order valence-corrected chi connectivity index (χ4v) is 2.47. The Morgan fingerprint density at radius 2 is 1.95 bits per heavy atom. The monoisotopic (exact) mass is 291 g/mol. The number of carbonyl (C=O) groups is 2. The van der Waals surface area contributed by atoms with E-state index in [1.807, 2.05) is 0 Å². The van der Waals surface area contributed by atoms with Crippen LogP contribution in [0.1, 0.15) is 30.1 Å². The number of benzene rings is 1. The van der Waals surface area contributed by atoms with Crippen molar-refractivity contribution < 1.29 is 14.7 Å². The van der Waals surface area contributed by atoms with Crippen LogP contribution in [0.25, 0.3) is 0 Å². The highest BCUT2D eigenvalue weighted by Crippen LogP contribution is 2.15. The van der Waals surface area contributed by atoms with Crippen LogP contribution < -0.4 is 10.6 Å². The molecule has 0 aromatic heterocycles. The van der Waals surface area contributed by atoms with Gasteiger partial charge in [0, 0.05) is 24.3 Å². The van der Waals surface area contributed by atoms with Crippen LogP contribution in [0.5, 0.6) is 0 Å². The lowest BCUT2D eigenvalue weighted by Crippen LogP contribution is -2.48. The number of carbonyl (C=O) groups excluding carboxylic acids is 1. The summed E-state index contributed by atoms with van der Waals surface area (Å²) in [6, 6.07) is 6.49. The van der Waals surface area contributed by atoms with E-state index in [1.54, 1.807) is 12.1 Å². The number of hydrogen-bond donors (Lipinski definition) is 3. The van der Waals surface area contributed by atoms with Crippen LogP contribution >= 0.6 is 0 Å². The first-order valence-electron chi connectivity index (χ1n) is 7.07. The second-order valence-electron chi connectivity index (χ2n) is 5.53. The lowest BCUT2D eigenvalue weighted by molar-refractivity contribution is 0.0697. The molecule has 2 amide bonds. The van der Waals surface area contributed by atoms with Crippen molar-refractivity contribution >= 4 is 17.7 Å². The molecule has 1 saturated heterocycles. The number of piperidine rings is 1. The number of hydrogen-bond acceptors (Lipinski definition) is 3. The molecule has 0 radical (unpaired) electrons. The summed E-state index contributed by atoms with van der Waals surface area (Å²) in [6.45, 7) is 3.12. The summed E-state index contributed by atoms with van der Waals surface area (Å²) in [5, 5.41) is 14.5. The summed E-state index contributed by atoms with van der Waals surface area (Å²) in [7, 11) is 2.09. The van der Waals surface area contributed by atoms with Gasteiger partial charge in [0.2, 0.25) is 0 Å². The number of rotatable bonds is 3. The van der Waals surface area contributed by atoms with Crippen LogP contribution in [0.2, 0.25) is 0 Å². The third-order valence-electron chi connectivity index (χ3n) is 3.93. The van der Waals surface area contributed by atoms with E-state index < -0.39 is 5.97 Å². The number of amides is 2. The Morgan fingerprint density at radius 1 is 1.29 bits per heavy atom. The van der Waals surface area contributed by atoms with Gasteiger partial charge < -0.3 is 20.6 Å². The van der Waals surface area contributed by atoms with Crippen LogP contribution in [0, 0.1) is 0 Å². The van der Waals surface area contributed by atoms with E-state index in [0.717, 1.165) is 19.4 Å². The third-order valence-corrected chi connectivity index (χ3v) is 3.93.